The fourth-order valence-corrected chi connectivity index (χ4v) is 2.44. The quantitative estimate of drug-likeness (QED) is 0.792. The van der Waals surface area contributed by atoms with E-state index >= 15 is 0 Å². The number of anilines is 2. The molecule has 19 heavy (non-hydrogen) atoms. The van der Waals surface area contributed by atoms with E-state index in [1.54, 1.807) is 6.33 Å². The van der Waals surface area contributed by atoms with E-state index in [2.05, 4.69) is 34.4 Å². The number of rotatable bonds is 7. The second-order valence-electron chi connectivity index (χ2n) is 4.82. The lowest BCUT2D eigenvalue weighted by molar-refractivity contribution is 0.00291. The highest BCUT2D eigenvalue weighted by molar-refractivity contribution is 5.57. The summed E-state index contributed by atoms with van der Waals surface area (Å²) in [5, 5.41) is 6.80. The van der Waals surface area contributed by atoms with Gasteiger partial charge in [0.25, 0.3) is 0 Å². The summed E-state index contributed by atoms with van der Waals surface area (Å²) >= 11 is 0. The second kappa shape index (κ2) is 6.70. The van der Waals surface area contributed by atoms with Crippen LogP contribution in [-0.2, 0) is 11.2 Å². The predicted molar refractivity (Wildman–Crippen MR) is 77.6 cm³/mol. The summed E-state index contributed by atoms with van der Waals surface area (Å²) in [6, 6.07) is 0.478. The van der Waals surface area contributed by atoms with Gasteiger partial charge in [-0.25, -0.2) is 9.97 Å². The summed E-state index contributed by atoms with van der Waals surface area (Å²) < 4.78 is 5.58. The minimum atomic E-state index is 0.419. The average molecular weight is 264 g/mol. The first kappa shape index (κ1) is 14.1. The lowest BCUT2D eigenvalue weighted by Crippen LogP contribution is -2.41. The highest BCUT2D eigenvalue weighted by Gasteiger charge is 2.30. The van der Waals surface area contributed by atoms with E-state index in [-0.39, 0.29) is 0 Å². The van der Waals surface area contributed by atoms with Crippen molar-refractivity contribution in [1.82, 2.24) is 9.97 Å². The molecule has 0 aromatic carbocycles. The average Bonchev–Trinajstić information content (AvgIpc) is 2.37. The monoisotopic (exact) mass is 264 g/mol. The number of nitrogens with zero attached hydrogens (tertiary/aromatic N) is 2. The lowest BCUT2D eigenvalue weighted by atomic mass is 9.89. The topological polar surface area (TPSA) is 59.1 Å². The van der Waals surface area contributed by atoms with Crippen LogP contribution in [0.25, 0.3) is 0 Å². The minimum Gasteiger partial charge on any atom is -0.378 e. The van der Waals surface area contributed by atoms with Crippen molar-refractivity contribution >= 4 is 11.6 Å². The zero-order valence-electron chi connectivity index (χ0n) is 12.1. The van der Waals surface area contributed by atoms with Crippen molar-refractivity contribution in [3.05, 3.63) is 11.9 Å². The van der Waals surface area contributed by atoms with Gasteiger partial charge in [0.05, 0.1) is 6.10 Å². The van der Waals surface area contributed by atoms with Gasteiger partial charge >= 0.3 is 0 Å². The van der Waals surface area contributed by atoms with E-state index in [0.29, 0.717) is 12.1 Å². The Hall–Kier alpha value is -1.36. The van der Waals surface area contributed by atoms with Crippen molar-refractivity contribution in [3.8, 4) is 0 Å². The largest absolute Gasteiger partial charge is 0.378 e. The van der Waals surface area contributed by atoms with Gasteiger partial charge in [-0.15, -0.1) is 0 Å². The van der Waals surface area contributed by atoms with E-state index in [1.807, 2.05) is 6.92 Å². The van der Waals surface area contributed by atoms with E-state index in [1.165, 1.54) is 5.56 Å². The van der Waals surface area contributed by atoms with Gasteiger partial charge in [0.2, 0.25) is 0 Å². The molecule has 1 fully saturated rings. The molecule has 1 aliphatic rings. The van der Waals surface area contributed by atoms with E-state index < -0.39 is 0 Å². The Bertz CT molecular complexity index is 404. The minimum absolute atomic E-state index is 0.419. The van der Waals surface area contributed by atoms with Crippen LogP contribution < -0.4 is 10.6 Å². The smallest absolute Gasteiger partial charge is 0.134 e. The summed E-state index contributed by atoms with van der Waals surface area (Å²) in [7, 11) is 0. The van der Waals surface area contributed by atoms with Gasteiger partial charge in [-0.3, -0.25) is 0 Å². The van der Waals surface area contributed by atoms with Gasteiger partial charge in [0.15, 0.2) is 0 Å². The van der Waals surface area contributed by atoms with Crippen molar-refractivity contribution < 1.29 is 4.74 Å². The Morgan fingerprint density at radius 2 is 1.95 bits per heavy atom. The molecule has 5 nitrogen and oxygen atoms in total. The number of nitrogens with one attached hydrogen (secondary N) is 2. The van der Waals surface area contributed by atoms with Crippen LogP contribution in [0.2, 0.25) is 0 Å². The summed E-state index contributed by atoms with van der Waals surface area (Å²) in [6.07, 6.45) is 5.10. The zero-order valence-corrected chi connectivity index (χ0v) is 12.1. The molecule has 2 N–H and O–H groups in total. The zero-order chi connectivity index (χ0) is 13.7. The third-order valence-electron chi connectivity index (χ3n) is 3.48. The first-order valence-electron chi connectivity index (χ1n) is 7.24. The molecule has 0 bridgehead atoms. The van der Waals surface area contributed by atoms with Gasteiger partial charge in [0.1, 0.15) is 18.0 Å². The van der Waals surface area contributed by atoms with Crippen LogP contribution in [-0.4, -0.2) is 35.3 Å². The maximum absolute atomic E-state index is 5.58. The Morgan fingerprint density at radius 1 is 1.21 bits per heavy atom. The van der Waals surface area contributed by atoms with Crippen LogP contribution in [0.15, 0.2) is 6.33 Å². The lowest BCUT2D eigenvalue weighted by Gasteiger charge is -2.36. The molecule has 1 aliphatic carbocycles. The summed E-state index contributed by atoms with van der Waals surface area (Å²) in [4.78, 5) is 8.69. The van der Waals surface area contributed by atoms with Crippen LogP contribution in [0, 0.1) is 0 Å². The van der Waals surface area contributed by atoms with Crippen molar-refractivity contribution in [2.24, 2.45) is 0 Å². The first-order valence-corrected chi connectivity index (χ1v) is 7.24. The van der Waals surface area contributed by atoms with Gasteiger partial charge in [-0.1, -0.05) is 6.92 Å². The Morgan fingerprint density at radius 3 is 2.58 bits per heavy atom. The number of hydrogen-bond donors (Lipinski definition) is 2. The number of aromatic nitrogens is 2. The predicted octanol–water partition coefficient (Wildman–Crippen LogP) is 2.45. The molecule has 0 saturated heterocycles. The Kier molecular flexibility index (Phi) is 4.96. The normalized spacial score (nSPS) is 21.8. The molecule has 0 radical (unpaired) electrons. The molecule has 1 heterocycles. The Labute approximate surface area is 115 Å². The summed E-state index contributed by atoms with van der Waals surface area (Å²) in [5.41, 5.74) is 1.17. The molecule has 106 valence electrons. The van der Waals surface area contributed by atoms with E-state index in [4.69, 9.17) is 4.74 Å². The van der Waals surface area contributed by atoms with Crippen molar-refractivity contribution in [3.63, 3.8) is 0 Å². The SMILES string of the molecule is CCNc1ncnc(NC2CC(OCC)C2)c1CC. The van der Waals surface area contributed by atoms with Crippen LogP contribution in [0.1, 0.15) is 39.2 Å². The Balaban J connectivity index is 1.98. The van der Waals surface area contributed by atoms with Gasteiger partial charge in [-0.2, -0.15) is 0 Å². The molecule has 5 heteroatoms. The van der Waals surface area contributed by atoms with Crippen LogP contribution in [0.4, 0.5) is 11.6 Å². The molecule has 1 saturated carbocycles. The standard InChI is InChI=1S/C14H24N4O/c1-4-12-13(15-5-2)16-9-17-14(12)18-10-7-11(8-10)19-6-3/h9-11H,4-8H2,1-3H3,(H2,15,16,17,18). The fourth-order valence-electron chi connectivity index (χ4n) is 2.44. The number of hydrogen-bond acceptors (Lipinski definition) is 5. The van der Waals surface area contributed by atoms with Gasteiger partial charge < -0.3 is 15.4 Å². The molecule has 2 rings (SSSR count). The molecule has 0 spiro atoms. The van der Waals surface area contributed by atoms with Crippen LogP contribution >= 0.6 is 0 Å². The maximum Gasteiger partial charge on any atom is 0.134 e. The van der Waals surface area contributed by atoms with Crippen molar-refractivity contribution in [2.75, 3.05) is 23.8 Å². The van der Waals surface area contributed by atoms with E-state index in [0.717, 1.165) is 44.0 Å². The van der Waals surface area contributed by atoms with E-state index in [9.17, 15) is 0 Å². The molecular weight excluding hydrogens is 240 g/mol. The highest BCUT2D eigenvalue weighted by atomic mass is 16.5. The van der Waals surface area contributed by atoms with Gasteiger partial charge in [0, 0.05) is 24.8 Å². The molecular formula is C14H24N4O. The molecule has 1 aromatic heterocycles. The first-order chi connectivity index (χ1) is 9.28. The molecule has 0 atom stereocenters. The molecule has 1 aromatic rings. The third kappa shape index (κ3) is 3.35. The van der Waals surface area contributed by atoms with Crippen molar-refractivity contribution in [2.45, 2.75) is 52.2 Å². The van der Waals surface area contributed by atoms with Crippen molar-refractivity contribution in [1.29, 1.82) is 0 Å². The summed E-state index contributed by atoms with van der Waals surface area (Å²) in [5.74, 6) is 1.91. The molecule has 0 amide bonds. The second-order valence-corrected chi connectivity index (χ2v) is 4.82. The highest BCUT2D eigenvalue weighted by Crippen LogP contribution is 2.29. The van der Waals surface area contributed by atoms with Crippen LogP contribution in [0.5, 0.6) is 0 Å². The van der Waals surface area contributed by atoms with Gasteiger partial charge in [-0.05, 0) is 33.1 Å². The number of ether oxygens (including phenoxy) is 1. The third-order valence-corrected chi connectivity index (χ3v) is 3.48. The molecule has 0 unspecified atom stereocenters. The molecule has 0 aliphatic heterocycles. The summed E-state index contributed by atoms with van der Waals surface area (Å²) in [6.45, 7) is 7.93. The fraction of sp³-hybridized carbons (Fsp3) is 0.714. The maximum atomic E-state index is 5.58. The van der Waals surface area contributed by atoms with Crippen LogP contribution in [0.3, 0.4) is 0 Å².